The summed E-state index contributed by atoms with van der Waals surface area (Å²) >= 11 is 0. The fourth-order valence-electron chi connectivity index (χ4n) is 1.28. The predicted molar refractivity (Wildman–Crippen MR) is 52.6 cm³/mol. The highest BCUT2D eigenvalue weighted by Gasteiger charge is 2.29. The summed E-state index contributed by atoms with van der Waals surface area (Å²) in [6, 6.07) is 0.517. The molecule has 0 bridgehead atoms. The Labute approximate surface area is 95.4 Å². The van der Waals surface area contributed by atoms with Crippen molar-refractivity contribution in [3.8, 4) is 0 Å². The summed E-state index contributed by atoms with van der Waals surface area (Å²) in [5.74, 6) is -0.847. The zero-order chi connectivity index (χ0) is 13.1. The van der Waals surface area contributed by atoms with Crippen LogP contribution in [0.4, 0.5) is 13.2 Å². The third-order valence-electron chi connectivity index (χ3n) is 2.06. The smallest absolute Gasteiger partial charge is 0.390 e. The van der Waals surface area contributed by atoms with E-state index in [4.69, 9.17) is 9.52 Å². The fourth-order valence-corrected chi connectivity index (χ4v) is 1.28. The van der Waals surface area contributed by atoms with E-state index in [2.05, 4.69) is 5.32 Å². The summed E-state index contributed by atoms with van der Waals surface area (Å²) in [4.78, 5) is 10.5. The Bertz CT molecular complexity index is 386. The summed E-state index contributed by atoms with van der Waals surface area (Å²) in [5.41, 5.74) is -0.0229. The molecule has 1 rings (SSSR count). The Balaban J connectivity index is 2.42. The highest BCUT2D eigenvalue weighted by Crippen LogP contribution is 2.21. The van der Waals surface area contributed by atoms with Crippen LogP contribution in [-0.4, -0.2) is 23.3 Å². The molecule has 0 radical (unpaired) electrons. The minimum atomic E-state index is -4.22. The van der Waals surface area contributed by atoms with E-state index in [1.165, 1.54) is 13.0 Å². The number of rotatable bonds is 5. The first-order chi connectivity index (χ1) is 7.78. The molecule has 1 atom stereocenters. The zero-order valence-corrected chi connectivity index (χ0v) is 9.04. The minimum absolute atomic E-state index is 0.0229. The van der Waals surface area contributed by atoms with Gasteiger partial charge in [0.1, 0.15) is 12.0 Å². The molecule has 96 valence electrons. The summed E-state index contributed by atoms with van der Waals surface area (Å²) in [7, 11) is 0. The number of hydrogen-bond donors (Lipinski definition) is 2. The number of carbonyl (C=O) groups is 1. The van der Waals surface area contributed by atoms with Gasteiger partial charge in [0.25, 0.3) is 0 Å². The molecule has 1 heterocycles. The topological polar surface area (TPSA) is 62.5 Å². The van der Waals surface area contributed by atoms with Crippen LogP contribution in [0.15, 0.2) is 16.7 Å². The molecule has 0 amide bonds. The van der Waals surface area contributed by atoms with Crippen LogP contribution < -0.4 is 5.32 Å². The molecule has 0 saturated heterocycles. The van der Waals surface area contributed by atoms with Crippen LogP contribution in [0, 0.1) is 0 Å². The Morgan fingerprint density at radius 2 is 2.24 bits per heavy atom. The van der Waals surface area contributed by atoms with Gasteiger partial charge in [-0.05, 0) is 13.0 Å². The van der Waals surface area contributed by atoms with Crippen molar-refractivity contribution < 1.29 is 27.5 Å². The van der Waals surface area contributed by atoms with E-state index >= 15 is 0 Å². The van der Waals surface area contributed by atoms with Crippen LogP contribution in [0.1, 0.15) is 29.5 Å². The number of hydrogen-bond acceptors (Lipinski definition) is 3. The van der Waals surface area contributed by atoms with E-state index < -0.39 is 24.6 Å². The van der Waals surface area contributed by atoms with Crippen molar-refractivity contribution >= 4 is 5.97 Å². The van der Waals surface area contributed by atoms with Gasteiger partial charge in [0, 0.05) is 6.04 Å². The normalized spacial score (nSPS) is 13.6. The molecular formula is C10H12F3NO3. The summed E-state index contributed by atoms with van der Waals surface area (Å²) in [6.07, 6.45) is -4.12. The molecule has 4 nitrogen and oxygen atoms in total. The number of aromatic carboxylic acids is 1. The van der Waals surface area contributed by atoms with Crippen LogP contribution in [0.5, 0.6) is 0 Å². The molecule has 0 aliphatic rings. The average molecular weight is 251 g/mol. The zero-order valence-electron chi connectivity index (χ0n) is 9.04. The van der Waals surface area contributed by atoms with Gasteiger partial charge < -0.3 is 14.8 Å². The molecule has 1 aromatic heterocycles. The second-order valence-corrected chi connectivity index (χ2v) is 3.71. The quantitative estimate of drug-likeness (QED) is 0.843. The van der Waals surface area contributed by atoms with E-state index in [0.29, 0.717) is 0 Å². The lowest BCUT2D eigenvalue weighted by Crippen LogP contribution is -2.30. The molecule has 7 heteroatoms. The molecular weight excluding hydrogens is 239 g/mol. The maximum absolute atomic E-state index is 12.0. The Morgan fingerprint density at radius 1 is 1.59 bits per heavy atom. The monoisotopic (exact) mass is 251 g/mol. The van der Waals surface area contributed by atoms with Gasteiger partial charge in [-0.1, -0.05) is 0 Å². The van der Waals surface area contributed by atoms with Gasteiger partial charge in [-0.15, -0.1) is 0 Å². The fraction of sp³-hybridized carbons (Fsp3) is 0.500. The van der Waals surface area contributed by atoms with E-state index in [1.54, 1.807) is 0 Å². The first-order valence-electron chi connectivity index (χ1n) is 4.89. The molecule has 0 aliphatic heterocycles. The third-order valence-corrected chi connectivity index (χ3v) is 2.06. The number of carboxylic acid groups (broad SMARTS) is 1. The van der Waals surface area contributed by atoms with Crippen molar-refractivity contribution in [3.63, 3.8) is 0 Å². The molecule has 1 unspecified atom stereocenters. The van der Waals surface area contributed by atoms with Gasteiger partial charge in [0.05, 0.1) is 18.5 Å². The van der Waals surface area contributed by atoms with Gasteiger partial charge in [-0.3, -0.25) is 0 Å². The molecule has 0 aromatic carbocycles. The number of nitrogens with one attached hydrogen (secondary N) is 1. The van der Waals surface area contributed by atoms with Crippen LogP contribution in [0.3, 0.4) is 0 Å². The van der Waals surface area contributed by atoms with Gasteiger partial charge in [0.2, 0.25) is 0 Å². The third kappa shape index (κ3) is 4.90. The van der Waals surface area contributed by atoms with Gasteiger partial charge >= 0.3 is 12.1 Å². The van der Waals surface area contributed by atoms with Crippen molar-refractivity contribution in [3.05, 3.63) is 23.7 Å². The summed E-state index contributed by atoms with van der Waals surface area (Å²) in [5, 5.41) is 11.2. The predicted octanol–water partition coefficient (Wildman–Crippen LogP) is 2.41. The number of halogens is 3. The Kier molecular flexibility index (Phi) is 4.17. The lowest BCUT2D eigenvalue weighted by molar-refractivity contribution is -0.139. The van der Waals surface area contributed by atoms with Crippen molar-refractivity contribution in [2.24, 2.45) is 0 Å². The maximum Gasteiger partial charge on any atom is 0.390 e. The van der Waals surface area contributed by atoms with E-state index in [1.807, 2.05) is 0 Å². The summed E-state index contributed by atoms with van der Waals surface area (Å²) < 4.78 is 40.9. The van der Waals surface area contributed by atoms with Crippen LogP contribution in [0.25, 0.3) is 0 Å². The maximum atomic E-state index is 12.0. The van der Waals surface area contributed by atoms with Gasteiger partial charge in [0.15, 0.2) is 0 Å². The lowest BCUT2D eigenvalue weighted by atomic mass is 10.2. The average Bonchev–Trinajstić information content (AvgIpc) is 2.60. The largest absolute Gasteiger partial charge is 0.478 e. The number of furan rings is 1. The van der Waals surface area contributed by atoms with Crippen molar-refractivity contribution in [2.75, 3.05) is 0 Å². The Morgan fingerprint density at radius 3 is 2.71 bits per heavy atom. The Hall–Kier alpha value is -1.50. The SMILES string of the molecule is CC(CC(F)(F)F)NCc1cc(C(=O)O)co1. The number of alkyl halides is 3. The van der Waals surface area contributed by atoms with E-state index in [-0.39, 0.29) is 17.9 Å². The van der Waals surface area contributed by atoms with Crippen molar-refractivity contribution in [1.82, 2.24) is 5.32 Å². The van der Waals surface area contributed by atoms with Crippen molar-refractivity contribution in [1.29, 1.82) is 0 Å². The van der Waals surface area contributed by atoms with Crippen LogP contribution in [-0.2, 0) is 6.54 Å². The highest BCUT2D eigenvalue weighted by molar-refractivity contribution is 5.87. The van der Waals surface area contributed by atoms with Crippen LogP contribution >= 0.6 is 0 Å². The molecule has 0 aliphatic carbocycles. The molecule has 1 aromatic rings. The van der Waals surface area contributed by atoms with E-state index in [9.17, 15) is 18.0 Å². The second kappa shape index (κ2) is 5.22. The second-order valence-electron chi connectivity index (χ2n) is 3.71. The first-order valence-corrected chi connectivity index (χ1v) is 4.89. The van der Waals surface area contributed by atoms with E-state index in [0.717, 1.165) is 6.26 Å². The standard InChI is InChI=1S/C10H12F3NO3/c1-6(3-10(11,12)13)14-4-8-2-7(5-17-8)9(15)16/h2,5-6,14H,3-4H2,1H3,(H,15,16). The molecule has 0 fully saturated rings. The highest BCUT2D eigenvalue weighted by atomic mass is 19.4. The lowest BCUT2D eigenvalue weighted by Gasteiger charge is -2.14. The summed E-state index contributed by atoms with van der Waals surface area (Å²) in [6.45, 7) is 1.46. The number of carboxylic acids is 1. The molecule has 0 spiro atoms. The molecule has 17 heavy (non-hydrogen) atoms. The van der Waals surface area contributed by atoms with Crippen LogP contribution in [0.2, 0.25) is 0 Å². The first kappa shape index (κ1) is 13.6. The minimum Gasteiger partial charge on any atom is -0.478 e. The molecule has 2 N–H and O–H groups in total. The van der Waals surface area contributed by atoms with Gasteiger partial charge in [-0.25, -0.2) is 4.79 Å². The molecule has 0 saturated carbocycles. The van der Waals surface area contributed by atoms with Crippen molar-refractivity contribution in [2.45, 2.75) is 32.1 Å². The van der Waals surface area contributed by atoms with Gasteiger partial charge in [-0.2, -0.15) is 13.2 Å².